The van der Waals surface area contributed by atoms with Gasteiger partial charge in [0.2, 0.25) is 0 Å². The molecule has 3 atom stereocenters. The van der Waals surface area contributed by atoms with Gasteiger partial charge >= 0.3 is 6.55 Å². The van der Waals surface area contributed by atoms with E-state index >= 15 is 0 Å². The number of nitrogens with zero attached hydrogens (tertiary/aromatic N) is 3. The highest BCUT2D eigenvalue weighted by molar-refractivity contribution is 6.06. The monoisotopic (exact) mass is 359 g/mol. The third-order valence-corrected chi connectivity index (χ3v) is 6.00. The molecule has 0 spiro atoms. The number of alkyl halides is 2. The van der Waals surface area contributed by atoms with Crippen LogP contribution < -0.4 is 4.90 Å². The molecule has 138 valence electrons. The second kappa shape index (κ2) is 6.18. The van der Waals surface area contributed by atoms with Gasteiger partial charge < -0.3 is 0 Å². The first-order chi connectivity index (χ1) is 12.4. The van der Waals surface area contributed by atoms with Gasteiger partial charge in [-0.3, -0.25) is 14.4 Å². The van der Waals surface area contributed by atoms with Crippen molar-refractivity contribution in [3.63, 3.8) is 0 Å². The molecule has 0 aliphatic heterocycles. The highest BCUT2D eigenvalue weighted by Crippen LogP contribution is 2.61. The quantitative estimate of drug-likeness (QED) is 0.752. The molecule has 2 aromatic rings. The fourth-order valence-electron chi connectivity index (χ4n) is 5.14. The number of aryl methyl sites for hydroxylation is 1. The summed E-state index contributed by atoms with van der Waals surface area (Å²) < 4.78 is 29.4. The lowest BCUT2D eigenvalue weighted by molar-refractivity contribution is 0.0837. The lowest BCUT2D eigenvalue weighted by Crippen LogP contribution is -2.36. The Hall–Kier alpha value is -2.24. The molecule has 1 amide bonds. The van der Waals surface area contributed by atoms with Crippen LogP contribution in [0.5, 0.6) is 0 Å². The van der Waals surface area contributed by atoms with Crippen LogP contribution in [0, 0.1) is 11.8 Å². The molecule has 1 fully saturated rings. The largest absolute Gasteiger partial charge is 0.321 e. The second-order valence-electron chi connectivity index (χ2n) is 7.75. The van der Waals surface area contributed by atoms with Crippen molar-refractivity contribution < 1.29 is 13.6 Å². The molecule has 26 heavy (non-hydrogen) atoms. The molecule has 0 saturated heterocycles. The van der Waals surface area contributed by atoms with Crippen molar-refractivity contribution in [2.45, 2.75) is 45.1 Å². The van der Waals surface area contributed by atoms with Gasteiger partial charge in [-0.1, -0.05) is 26.0 Å². The number of fused-ring (bicyclic) bond motifs is 5. The van der Waals surface area contributed by atoms with Crippen LogP contribution in [-0.2, 0) is 7.05 Å². The lowest BCUT2D eigenvalue weighted by atomic mass is 9.84. The lowest BCUT2D eigenvalue weighted by Gasteiger charge is -2.27. The summed E-state index contributed by atoms with van der Waals surface area (Å²) in [4.78, 5) is 13.5. The zero-order valence-corrected chi connectivity index (χ0v) is 15.2. The van der Waals surface area contributed by atoms with Crippen molar-refractivity contribution in [1.29, 1.82) is 0 Å². The van der Waals surface area contributed by atoms with Gasteiger partial charge in [0.1, 0.15) is 0 Å². The van der Waals surface area contributed by atoms with Crippen LogP contribution in [0.3, 0.4) is 0 Å². The molecule has 1 aromatic carbocycles. The maximum Gasteiger partial charge on any atom is 0.321 e. The average Bonchev–Trinajstić information content (AvgIpc) is 3.28. The summed E-state index contributed by atoms with van der Waals surface area (Å²) in [5, 5.41) is 3.94. The molecule has 4 rings (SSSR count). The molecule has 4 nitrogen and oxygen atoms in total. The molecular weight excluding hydrogens is 336 g/mol. The molecule has 2 aliphatic rings. The number of benzene rings is 1. The van der Waals surface area contributed by atoms with E-state index in [1.807, 2.05) is 0 Å². The summed E-state index contributed by atoms with van der Waals surface area (Å²) in [6.07, 6.45) is 4.93. The Kier molecular flexibility index (Phi) is 4.09. The van der Waals surface area contributed by atoms with E-state index in [0.717, 1.165) is 24.0 Å². The van der Waals surface area contributed by atoms with Crippen LogP contribution in [0.2, 0.25) is 0 Å². The van der Waals surface area contributed by atoms with Crippen molar-refractivity contribution in [1.82, 2.24) is 9.78 Å². The molecule has 2 aliphatic carbocycles. The number of hydrogen-bond donors (Lipinski definition) is 0. The van der Waals surface area contributed by atoms with E-state index in [2.05, 4.69) is 25.0 Å². The van der Waals surface area contributed by atoms with Crippen molar-refractivity contribution in [3.05, 3.63) is 47.3 Å². The number of anilines is 1. The maximum absolute atomic E-state index is 14.0. The van der Waals surface area contributed by atoms with Gasteiger partial charge in [-0.25, -0.2) is 0 Å². The molecule has 1 heterocycles. The van der Waals surface area contributed by atoms with Gasteiger partial charge in [-0.2, -0.15) is 13.9 Å². The first-order valence-electron chi connectivity index (χ1n) is 9.13. The van der Waals surface area contributed by atoms with E-state index in [9.17, 15) is 13.6 Å². The van der Waals surface area contributed by atoms with E-state index in [-0.39, 0.29) is 11.5 Å². The molecule has 1 saturated carbocycles. The van der Waals surface area contributed by atoms with Crippen molar-refractivity contribution in [2.75, 3.05) is 4.90 Å². The number of carbonyl (C=O) groups is 1. The van der Waals surface area contributed by atoms with Gasteiger partial charge in [0.05, 0.1) is 17.4 Å². The van der Waals surface area contributed by atoms with Crippen molar-refractivity contribution in [2.24, 2.45) is 18.9 Å². The first kappa shape index (κ1) is 17.2. The first-order valence-corrected chi connectivity index (χ1v) is 9.13. The van der Waals surface area contributed by atoms with E-state index in [4.69, 9.17) is 0 Å². The third-order valence-electron chi connectivity index (χ3n) is 6.00. The number of amides is 1. The molecule has 3 unspecified atom stereocenters. The Morgan fingerprint density at radius 3 is 2.62 bits per heavy atom. The van der Waals surface area contributed by atoms with Crippen LogP contribution in [0.25, 0.3) is 0 Å². The molecule has 0 radical (unpaired) electrons. The SMILES string of the molecule is CC(C)C1C2CCC1c1c2cccc1N(C(=O)c1cnn(C)c1)C(F)F. The van der Waals surface area contributed by atoms with Gasteiger partial charge in [-0.05, 0) is 53.7 Å². The minimum Gasteiger partial charge on any atom is -0.275 e. The van der Waals surface area contributed by atoms with E-state index < -0.39 is 12.5 Å². The molecule has 0 N–H and O–H groups in total. The van der Waals surface area contributed by atoms with Gasteiger partial charge in [-0.15, -0.1) is 0 Å². The topological polar surface area (TPSA) is 38.1 Å². The Morgan fingerprint density at radius 2 is 2.00 bits per heavy atom. The molecular formula is C20H23F2N3O. The zero-order valence-electron chi connectivity index (χ0n) is 15.2. The standard InChI is InChI=1S/C20H23F2N3O/c1-11(2)17-14-7-8-15(17)18-13(14)5-4-6-16(18)25(20(21)22)19(26)12-9-23-24(3)10-12/h4-6,9-11,14-15,17,20H,7-8H2,1-3H3. The predicted octanol–water partition coefficient (Wildman–Crippen LogP) is 4.54. The summed E-state index contributed by atoms with van der Waals surface area (Å²) in [7, 11) is 1.66. The van der Waals surface area contributed by atoms with Gasteiger partial charge in [0.15, 0.2) is 0 Å². The molecule has 1 aromatic heterocycles. The number of aromatic nitrogens is 2. The van der Waals surface area contributed by atoms with E-state index in [0.29, 0.717) is 28.3 Å². The van der Waals surface area contributed by atoms with Crippen LogP contribution in [-0.4, -0.2) is 22.2 Å². The van der Waals surface area contributed by atoms with Crippen LogP contribution in [0.15, 0.2) is 30.6 Å². The Labute approximate surface area is 151 Å². The van der Waals surface area contributed by atoms with Gasteiger partial charge in [0, 0.05) is 13.2 Å². The number of hydrogen-bond acceptors (Lipinski definition) is 2. The average molecular weight is 359 g/mol. The summed E-state index contributed by atoms with van der Waals surface area (Å²) in [5.41, 5.74) is 2.65. The molecule has 6 heteroatoms. The highest BCUT2D eigenvalue weighted by atomic mass is 19.3. The molecule has 2 bridgehead atoms. The fourth-order valence-corrected chi connectivity index (χ4v) is 5.14. The second-order valence-corrected chi connectivity index (χ2v) is 7.75. The zero-order chi connectivity index (χ0) is 18.6. The normalized spacial score (nSPS) is 23.7. The maximum atomic E-state index is 14.0. The number of halogens is 2. The van der Waals surface area contributed by atoms with E-state index in [1.54, 1.807) is 19.2 Å². The summed E-state index contributed by atoms with van der Waals surface area (Å²) in [5.74, 6) is 0.934. The Bertz CT molecular complexity index is 845. The smallest absolute Gasteiger partial charge is 0.275 e. The highest BCUT2D eigenvalue weighted by Gasteiger charge is 2.49. The van der Waals surface area contributed by atoms with E-state index in [1.165, 1.54) is 17.1 Å². The Balaban J connectivity index is 1.80. The van der Waals surface area contributed by atoms with Crippen LogP contribution in [0.4, 0.5) is 14.5 Å². The summed E-state index contributed by atoms with van der Waals surface area (Å²) >= 11 is 0. The minimum absolute atomic E-state index is 0.175. The van der Waals surface area contributed by atoms with Crippen LogP contribution in [0.1, 0.15) is 60.0 Å². The summed E-state index contributed by atoms with van der Waals surface area (Å²) in [6, 6.07) is 5.52. The minimum atomic E-state index is -2.90. The van der Waals surface area contributed by atoms with Crippen molar-refractivity contribution >= 4 is 11.6 Å². The Morgan fingerprint density at radius 1 is 1.27 bits per heavy atom. The predicted molar refractivity (Wildman–Crippen MR) is 95.5 cm³/mol. The number of rotatable bonds is 4. The van der Waals surface area contributed by atoms with Gasteiger partial charge in [0.25, 0.3) is 5.91 Å². The fraction of sp³-hybridized carbons (Fsp3) is 0.500. The third kappa shape index (κ3) is 2.46. The number of carbonyl (C=O) groups excluding carboxylic acids is 1. The summed E-state index contributed by atoms with van der Waals surface area (Å²) in [6.45, 7) is 1.51. The van der Waals surface area contributed by atoms with Crippen molar-refractivity contribution in [3.8, 4) is 0 Å². The van der Waals surface area contributed by atoms with Crippen LogP contribution >= 0.6 is 0 Å².